The smallest absolute Gasteiger partial charge is 0.254 e. The highest BCUT2D eigenvalue weighted by Gasteiger charge is 2.45. The summed E-state index contributed by atoms with van der Waals surface area (Å²) in [6.45, 7) is -2.60. The van der Waals surface area contributed by atoms with Crippen molar-refractivity contribution in [2.24, 2.45) is 0 Å². The zero-order valence-corrected chi connectivity index (χ0v) is 13.8. The number of hydrogen-bond donors (Lipinski definition) is 0. The lowest BCUT2D eigenvalue weighted by atomic mass is 9.86. The first-order valence-corrected chi connectivity index (χ1v) is 8.30. The summed E-state index contributed by atoms with van der Waals surface area (Å²) in [7, 11) is 0. The minimum Gasteiger partial charge on any atom is -0.333 e. The molecule has 1 aliphatic carbocycles. The number of hydrogen-bond acceptors (Lipinski definition) is 2. The molecule has 5 rings (SSSR count). The van der Waals surface area contributed by atoms with Crippen molar-refractivity contribution in [2.75, 3.05) is 6.98 Å². The van der Waals surface area contributed by atoms with Crippen molar-refractivity contribution in [3.8, 4) is 12.3 Å². The van der Waals surface area contributed by atoms with Crippen LogP contribution in [0.4, 0.5) is 0 Å². The highest BCUT2D eigenvalue weighted by molar-refractivity contribution is 6.30. The highest BCUT2D eigenvalue weighted by Crippen LogP contribution is 2.51. The normalized spacial score (nSPS) is 23.3. The Morgan fingerprint density at radius 3 is 3.08 bits per heavy atom. The van der Waals surface area contributed by atoms with Crippen molar-refractivity contribution in [1.82, 2.24) is 14.5 Å². The van der Waals surface area contributed by atoms with Crippen LogP contribution in [0.1, 0.15) is 55.2 Å². The molecule has 2 bridgehead atoms. The molecule has 0 radical (unpaired) electrons. The summed E-state index contributed by atoms with van der Waals surface area (Å²) < 4.78 is 25.7. The van der Waals surface area contributed by atoms with Crippen molar-refractivity contribution in [3.05, 3.63) is 69.5 Å². The topological polar surface area (TPSA) is 37.6 Å². The van der Waals surface area contributed by atoms with Crippen LogP contribution in [0.2, 0.25) is 5.02 Å². The summed E-state index contributed by atoms with van der Waals surface area (Å²) in [6, 6.07) is 7.99. The first-order chi connectivity index (χ1) is 13.3. The molecule has 0 saturated carbocycles. The lowest BCUT2D eigenvalue weighted by molar-refractivity contribution is 0.0734. The van der Waals surface area contributed by atoms with Gasteiger partial charge in [-0.2, -0.15) is 5.10 Å². The summed E-state index contributed by atoms with van der Waals surface area (Å²) in [5.41, 5.74) is 3.91. The number of amides is 1. The maximum Gasteiger partial charge on any atom is 0.254 e. The van der Waals surface area contributed by atoms with E-state index in [0.29, 0.717) is 33.8 Å². The molecule has 2 atom stereocenters. The Hall–Kier alpha value is -2.77. The lowest BCUT2D eigenvalue weighted by Crippen LogP contribution is -2.30. The molecule has 0 unspecified atom stereocenters. The van der Waals surface area contributed by atoms with Crippen LogP contribution in [0.15, 0.2) is 36.5 Å². The number of carbonyl (C=O) groups excluding carboxylic acids is 1. The van der Waals surface area contributed by atoms with Crippen LogP contribution >= 0.6 is 11.6 Å². The fourth-order valence-corrected chi connectivity index (χ4v) is 4.29. The quantitative estimate of drug-likeness (QED) is 0.581. The van der Waals surface area contributed by atoms with E-state index in [4.69, 9.17) is 22.1 Å². The monoisotopic (exact) mass is 350 g/mol. The highest BCUT2D eigenvalue weighted by atomic mass is 35.5. The molecule has 122 valence electrons. The van der Waals surface area contributed by atoms with Gasteiger partial charge < -0.3 is 4.90 Å². The fraction of sp³-hybridized carbons (Fsp3) is 0.200. The van der Waals surface area contributed by atoms with E-state index in [-0.39, 0.29) is 5.92 Å². The molecule has 1 aromatic carbocycles. The molecule has 2 aromatic heterocycles. The van der Waals surface area contributed by atoms with Gasteiger partial charge in [0.05, 0.1) is 17.3 Å². The number of carbonyl (C=O) groups is 1. The first kappa shape index (κ1) is 11.7. The second-order valence-corrected chi connectivity index (χ2v) is 6.80. The van der Waals surface area contributed by atoms with Crippen LogP contribution in [0, 0.1) is 12.3 Å². The van der Waals surface area contributed by atoms with Crippen LogP contribution in [0.25, 0.3) is 5.52 Å². The van der Waals surface area contributed by atoms with Crippen molar-refractivity contribution >= 4 is 23.0 Å². The summed E-state index contributed by atoms with van der Waals surface area (Å²) in [4.78, 5) is 14.2. The van der Waals surface area contributed by atoms with Gasteiger partial charge in [0.1, 0.15) is 0 Å². The van der Waals surface area contributed by atoms with Crippen molar-refractivity contribution < 1.29 is 8.91 Å². The number of aromatic nitrogens is 2. The average Bonchev–Trinajstić information content (AvgIpc) is 3.13. The maximum atomic E-state index is 13.3. The molecule has 0 spiro atoms. The van der Waals surface area contributed by atoms with Crippen molar-refractivity contribution in [3.63, 3.8) is 0 Å². The maximum absolute atomic E-state index is 13.3. The largest absolute Gasteiger partial charge is 0.333 e. The second kappa shape index (κ2) is 4.87. The Kier molecular flexibility index (Phi) is 2.29. The number of terminal acetylenes is 1. The lowest BCUT2D eigenvalue weighted by Gasteiger charge is -2.23. The number of nitrogens with zero attached hydrogens (tertiary/aromatic N) is 3. The van der Waals surface area contributed by atoms with Crippen LogP contribution in [0.3, 0.4) is 0 Å². The Bertz CT molecular complexity index is 1210. The van der Waals surface area contributed by atoms with Gasteiger partial charge in [-0.3, -0.25) is 4.79 Å². The van der Waals surface area contributed by atoms with Gasteiger partial charge in [0, 0.05) is 44.9 Å². The van der Waals surface area contributed by atoms with Gasteiger partial charge >= 0.3 is 0 Å². The minimum absolute atomic E-state index is 0.227. The molecule has 0 saturated heterocycles. The third-order valence-corrected chi connectivity index (χ3v) is 5.39. The molecular formula is C20H14ClN3O. The number of benzene rings is 1. The van der Waals surface area contributed by atoms with Crippen LogP contribution in [0.5, 0.6) is 0 Å². The van der Waals surface area contributed by atoms with Crippen molar-refractivity contribution in [1.29, 1.82) is 0 Å². The van der Waals surface area contributed by atoms with Crippen LogP contribution in [-0.4, -0.2) is 27.4 Å². The third-order valence-electron chi connectivity index (χ3n) is 5.16. The summed E-state index contributed by atoms with van der Waals surface area (Å²) in [5, 5.41) is 5.17. The molecule has 2 aliphatic rings. The number of rotatable bonds is 0. The molecule has 0 N–H and O–H groups in total. The first-order valence-electron chi connectivity index (χ1n) is 9.42. The average molecular weight is 351 g/mol. The predicted octanol–water partition coefficient (Wildman–Crippen LogP) is 3.63. The zero-order chi connectivity index (χ0) is 19.8. The number of fused-ring (bicyclic) bond motifs is 9. The second-order valence-electron chi connectivity index (χ2n) is 6.36. The molecule has 4 nitrogen and oxygen atoms in total. The van der Waals surface area contributed by atoms with Gasteiger partial charge in [0.2, 0.25) is 0 Å². The molecule has 25 heavy (non-hydrogen) atoms. The molecule has 1 amide bonds. The van der Waals surface area contributed by atoms with Gasteiger partial charge in [0.25, 0.3) is 5.91 Å². The van der Waals surface area contributed by atoms with Gasteiger partial charge in [-0.1, -0.05) is 23.6 Å². The summed E-state index contributed by atoms with van der Waals surface area (Å²) in [6.07, 6.45) is 7.89. The predicted molar refractivity (Wildman–Crippen MR) is 95.9 cm³/mol. The third kappa shape index (κ3) is 1.79. The SMILES string of the molecule is [2H]C([2H])([2H])N1C(=O)c2cccc(C#C)c2[C@H]2C[C@@H]1c1nn3ccc(Cl)cc3c12. The van der Waals surface area contributed by atoms with Crippen LogP contribution < -0.4 is 0 Å². The number of halogens is 1. The molecule has 3 aromatic rings. The zero-order valence-electron chi connectivity index (χ0n) is 16.0. The minimum atomic E-state index is -2.60. The molecule has 0 fully saturated rings. The van der Waals surface area contributed by atoms with Gasteiger partial charge in [0.15, 0.2) is 0 Å². The summed E-state index contributed by atoms with van der Waals surface area (Å²) in [5.74, 6) is 1.89. The summed E-state index contributed by atoms with van der Waals surface area (Å²) >= 11 is 6.21. The van der Waals surface area contributed by atoms with Gasteiger partial charge in [-0.05, 0) is 36.2 Å². The molecular weight excluding hydrogens is 334 g/mol. The Morgan fingerprint density at radius 1 is 1.40 bits per heavy atom. The Labute approximate surface area is 154 Å². The van der Waals surface area contributed by atoms with E-state index >= 15 is 0 Å². The van der Waals surface area contributed by atoms with Crippen molar-refractivity contribution in [2.45, 2.75) is 18.4 Å². The van der Waals surface area contributed by atoms with Gasteiger partial charge in [-0.15, -0.1) is 6.42 Å². The Morgan fingerprint density at radius 2 is 2.28 bits per heavy atom. The molecule has 3 heterocycles. The van der Waals surface area contributed by atoms with E-state index < -0.39 is 18.9 Å². The Balaban J connectivity index is 1.90. The van der Waals surface area contributed by atoms with E-state index in [1.54, 1.807) is 35.0 Å². The van der Waals surface area contributed by atoms with E-state index in [9.17, 15) is 4.79 Å². The van der Waals surface area contributed by atoms with E-state index in [1.165, 1.54) is 0 Å². The van der Waals surface area contributed by atoms with E-state index in [2.05, 4.69) is 11.0 Å². The van der Waals surface area contributed by atoms with E-state index in [1.807, 2.05) is 6.07 Å². The molecule has 1 aliphatic heterocycles. The van der Waals surface area contributed by atoms with E-state index in [0.717, 1.165) is 16.0 Å². The van der Waals surface area contributed by atoms with Gasteiger partial charge in [-0.25, -0.2) is 4.52 Å². The fourth-order valence-electron chi connectivity index (χ4n) is 4.13. The number of pyridine rings is 1. The molecule has 5 heteroatoms. The van der Waals surface area contributed by atoms with Crippen LogP contribution in [-0.2, 0) is 0 Å². The standard InChI is InChI=1S/C20H14ClN3O/c1-3-11-5-4-6-13-17(11)14-10-16(23(2)20(13)25)19-18(14)15-9-12(21)7-8-24(15)22-19/h1,4-9,14,16H,10H2,2H3/t14-,16-/m1/s1/i2D3.